The van der Waals surface area contributed by atoms with Gasteiger partial charge in [-0.15, -0.1) is 0 Å². The fourth-order valence-electron chi connectivity index (χ4n) is 2.16. The van der Waals surface area contributed by atoms with E-state index in [1.165, 1.54) is 4.90 Å². The Labute approximate surface area is 106 Å². The highest BCUT2D eigenvalue weighted by atomic mass is 16.3. The quantitative estimate of drug-likeness (QED) is 0.805. The summed E-state index contributed by atoms with van der Waals surface area (Å²) in [7, 11) is 0. The van der Waals surface area contributed by atoms with E-state index < -0.39 is 0 Å². The van der Waals surface area contributed by atoms with Crippen LogP contribution in [0.15, 0.2) is 24.3 Å². The van der Waals surface area contributed by atoms with Crippen molar-refractivity contribution in [2.75, 3.05) is 13.2 Å². The molecule has 0 aromatic heterocycles. The number of rotatable bonds is 5. The molecule has 2 amide bonds. The van der Waals surface area contributed by atoms with Gasteiger partial charge in [0, 0.05) is 13.2 Å². The second-order valence-electron chi connectivity index (χ2n) is 4.71. The molecule has 1 N–H and O–H groups in total. The fourth-order valence-corrected chi connectivity index (χ4v) is 2.16. The summed E-state index contributed by atoms with van der Waals surface area (Å²) in [4.78, 5) is 25.4. The van der Waals surface area contributed by atoms with E-state index in [4.69, 9.17) is 5.11 Å². The summed E-state index contributed by atoms with van der Waals surface area (Å²) in [6.45, 7) is 2.57. The van der Waals surface area contributed by atoms with E-state index in [0.29, 0.717) is 30.0 Å². The first kappa shape index (κ1) is 12.8. The molecule has 4 heteroatoms. The van der Waals surface area contributed by atoms with Crippen LogP contribution in [0.1, 0.15) is 40.5 Å². The minimum absolute atomic E-state index is 0.142. The number of aliphatic hydroxyl groups excluding tert-OH is 1. The standard InChI is InChI=1S/C14H17NO3/c1-10(7-9-16)6-8-15-13(17)11-4-2-3-5-12(11)14(15)18/h2-5,10,16H,6-9H2,1H3. The van der Waals surface area contributed by atoms with Crippen LogP contribution >= 0.6 is 0 Å². The van der Waals surface area contributed by atoms with Crippen LogP contribution in [0.3, 0.4) is 0 Å². The smallest absolute Gasteiger partial charge is 0.261 e. The maximum absolute atomic E-state index is 12.0. The monoisotopic (exact) mass is 247 g/mol. The highest BCUT2D eigenvalue weighted by molar-refractivity contribution is 6.21. The van der Waals surface area contributed by atoms with Gasteiger partial charge in [0.15, 0.2) is 0 Å². The van der Waals surface area contributed by atoms with Gasteiger partial charge < -0.3 is 5.11 Å². The Kier molecular flexibility index (Phi) is 3.77. The Morgan fingerprint density at radius 3 is 2.17 bits per heavy atom. The molecule has 1 aliphatic rings. The summed E-state index contributed by atoms with van der Waals surface area (Å²) >= 11 is 0. The van der Waals surface area contributed by atoms with Crippen LogP contribution < -0.4 is 0 Å². The van der Waals surface area contributed by atoms with Crippen LogP contribution in [-0.2, 0) is 0 Å². The van der Waals surface area contributed by atoms with Crippen LogP contribution in [0.25, 0.3) is 0 Å². The number of carbonyl (C=O) groups excluding carboxylic acids is 2. The van der Waals surface area contributed by atoms with E-state index in [2.05, 4.69) is 0 Å². The lowest BCUT2D eigenvalue weighted by Gasteiger charge is -2.16. The van der Waals surface area contributed by atoms with Crippen molar-refractivity contribution >= 4 is 11.8 Å². The molecule has 0 bridgehead atoms. The molecule has 1 atom stereocenters. The fraction of sp³-hybridized carbons (Fsp3) is 0.429. The van der Waals surface area contributed by atoms with Crippen molar-refractivity contribution in [1.29, 1.82) is 0 Å². The Hall–Kier alpha value is -1.68. The molecule has 1 unspecified atom stereocenters. The van der Waals surface area contributed by atoms with Crippen LogP contribution in [0, 0.1) is 5.92 Å². The van der Waals surface area contributed by atoms with Gasteiger partial charge in [0.2, 0.25) is 0 Å². The third-order valence-corrected chi connectivity index (χ3v) is 3.35. The molecule has 1 aromatic carbocycles. The third kappa shape index (κ3) is 2.29. The zero-order chi connectivity index (χ0) is 13.1. The van der Waals surface area contributed by atoms with Crippen LogP contribution in [0.5, 0.6) is 0 Å². The number of aliphatic hydroxyl groups is 1. The zero-order valence-electron chi connectivity index (χ0n) is 10.4. The molecule has 0 fully saturated rings. The van der Waals surface area contributed by atoms with Gasteiger partial charge >= 0.3 is 0 Å². The van der Waals surface area contributed by atoms with E-state index in [-0.39, 0.29) is 18.4 Å². The first-order valence-electron chi connectivity index (χ1n) is 6.21. The van der Waals surface area contributed by atoms with Gasteiger partial charge in [-0.05, 0) is 30.9 Å². The van der Waals surface area contributed by atoms with Crippen LogP contribution in [0.4, 0.5) is 0 Å². The molecule has 0 saturated heterocycles. The number of fused-ring (bicyclic) bond motifs is 1. The number of hydrogen-bond donors (Lipinski definition) is 1. The number of carbonyl (C=O) groups is 2. The van der Waals surface area contributed by atoms with Gasteiger partial charge in [-0.2, -0.15) is 0 Å². The molecule has 1 heterocycles. The topological polar surface area (TPSA) is 57.6 Å². The van der Waals surface area contributed by atoms with Crippen molar-refractivity contribution in [2.45, 2.75) is 19.8 Å². The summed E-state index contributed by atoms with van der Waals surface area (Å²) in [5.41, 5.74) is 0.995. The molecule has 2 rings (SSSR count). The number of benzene rings is 1. The van der Waals surface area contributed by atoms with Gasteiger partial charge in [0.25, 0.3) is 11.8 Å². The Balaban J connectivity index is 2.05. The van der Waals surface area contributed by atoms with Gasteiger partial charge in [-0.3, -0.25) is 14.5 Å². The lowest BCUT2D eigenvalue weighted by Crippen LogP contribution is -2.31. The second kappa shape index (κ2) is 5.31. The number of amides is 2. The van der Waals surface area contributed by atoms with Crippen LogP contribution in [0.2, 0.25) is 0 Å². The van der Waals surface area contributed by atoms with E-state index >= 15 is 0 Å². The average molecular weight is 247 g/mol. The highest BCUT2D eigenvalue weighted by Crippen LogP contribution is 2.23. The third-order valence-electron chi connectivity index (χ3n) is 3.35. The maximum atomic E-state index is 12.0. The van der Waals surface area contributed by atoms with Crippen molar-refractivity contribution in [3.05, 3.63) is 35.4 Å². The lowest BCUT2D eigenvalue weighted by atomic mass is 10.0. The maximum Gasteiger partial charge on any atom is 0.261 e. The molecule has 1 aromatic rings. The van der Waals surface area contributed by atoms with E-state index in [1.807, 2.05) is 6.92 Å². The number of hydrogen-bond acceptors (Lipinski definition) is 3. The van der Waals surface area contributed by atoms with Crippen molar-refractivity contribution < 1.29 is 14.7 Å². The average Bonchev–Trinajstić information content (AvgIpc) is 2.61. The summed E-state index contributed by atoms with van der Waals surface area (Å²) < 4.78 is 0. The molecule has 1 aliphatic heterocycles. The molecule has 0 radical (unpaired) electrons. The largest absolute Gasteiger partial charge is 0.396 e. The highest BCUT2D eigenvalue weighted by Gasteiger charge is 2.34. The SMILES string of the molecule is CC(CCO)CCN1C(=O)c2ccccc2C1=O. The minimum atomic E-state index is -0.202. The molecule has 0 saturated carbocycles. The first-order valence-corrected chi connectivity index (χ1v) is 6.21. The van der Waals surface area contributed by atoms with E-state index in [9.17, 15) is 9.59 Å². The predicted octanol–water partition coefficient (Wildman–Crippen LogP) is 1.69. The van der Waals surface area contributed by atoms with Gasteiger partial charge in [-0.1, -0.05) is 19.1 Å². The molecule has 0 aliphatic carbocycles. The number of imide groups is 1. The normalized spacial score (nSPS) is 16.0. The molecule has 0 spiro atoms. The van der Waals surface area contributed by atoms with Crippen LogP contribution in [-0.4, -0.2) is 35.0 Å². The minimum Gasteiger partial charge on any atom is -0.396 e. The van der Waals surface area contributed by atoms with Gasteiger partial charge in [0.1, 0.15) is 0 Å². The lowest BCUT2D eigenvalue weighted by molar-refractivity contribution is 0.0645. The molecular weight excluding hydrogens is 230 g/mol. The van der Waals surface area contributed by atoms with Crippen molar-refractivity contribution in [3.63, 3.8) is 0 Å². The summed E-state index contributed by atoms with van der Waals surface area (Å²) in [5, 5.41) is 8.83. The zero-order valence-corrected chi connectivity index (χ0v) is 10.4. The summed E-state index contributed by atoms with van der Waals surface area (Å²) in [6, 6.07) is 6.91. The first-order chi connectivity index (χ1) is 8.65. The van der Waals surface area contributed by atoms with E-state index in [1.54, 1.807) is 24.3 Å². The van der Waals surface area contributed by atoms with Crippen molar-refractivity contribution in [3.8, 4) is 0 Å². The molecule has 18 heavy (non-hydrogen) atoms. The Bertz CT molecular complexity index is 435. The molecule has 96 valence electrons. The summed E-state index contributed by atoms with van der Waals surface area (Å²) in [5.74, 6) is -0.0992. The number of nitrogens with zero attached hydrogens (tertiary/aromatic N) is 1. The van der Waals surface area contributed by atoms with Gasteiger partial charge in [-0.25, -0.2) is 0 Å². The summed E-state index contributed by atoms with van der Waals surface area (Å²) in [6.07, 6.45) is 1.43. The van der Waals surface area contributed by atoms with Crippen molar-refractivity contribution in [2.24, 2.45) is 5.92 Å². The second-order valence-corrected chi connectivity index (χ2v) is 4.71. The molecule has 4 nitrogen and oxygen atoms in total. The molecular formula is C14H17NO3. The Morgan fingerprint density at radius 1 is 1.11 bits per heavy atom. The Morgan fingerprint density at radius 2 is 1.67 bits per heavy atom. The van der Waals surface area contributed by atoms with Crippen molar-refractivity contribution in [1.82, 2.24) is 4.90 Å². The van der Waals surface area contributed by atoms with E-state index in [0.717, 1.165) is 6.42 Å². The predicted molar refractivity (Wildman–Crippen MR) is 67.3 cm³/mol. The van der Waals surface area contributed by atoms with Gasteiger partial charge in [0.05, 0.1) is 11.1 Å².